The van der Waals surface area contributed by atoms with Gasteiger partial charge in [0, 0.05) is 25.7 Å². The number of carbonyl (C=O) groups excluding carboxylic acids is 2. The SMILES string of the molecule is CNC(=O)c1nc(OC2CN(C(=O)N3N=CCC3c3cc(F)cc(F)c3)C2)sc1F. The summed E-state index contributed by atoms with van der Waals surface area (Å²) in [5.41, 5.74) is -0.0343. The second-order valence-corrected chi connectivity index (χ2v) is 7.62. The number of hydrogen-bond acceptors (Lipinski definition) is 6. The second kappa shape index (κ2) is 7.94. The van der Waals surface area contributed by atoms with E-state index in [1.165, 1.54) is 35.3 Å². The first-order valence-electron chi connectivity index (χ1n) is 8.97. The van der Waals surface area contributed by atoms with Gasteiger partial charge in [0.1, 0.15) is 17.7 Å². The molecule has 0 spiro atoms. The Labute approximate surface area is 172 Å². The Morgan fingerprint density at radius 3 is 2.57 bits per heavy atom. The van der Waals surface area contributed by atoms with Crippen LogP contribution in [0.5, 0.6) is 5.19 Å². The summed E-state index contributed by atoms with van der Waals surface area (Å²) in [6.45, 7) is 0.400. The first-order chi connectivity index (χ1) is 14.4. The lowest BCUT2D eigenvalue weighted by Crippen LogP contribution is -2.58. The van der Waals surface area contributed by atoms with Gasteiger partial charge in [-0.1, -0.05) is 0 Å². The third-order valence-corrected chi connectivity index (χ3v) is 5.42. The van der Waals surface area contributed by atoms with Gasteiger partial charge in [-0.05, 0) is 29.0 Å². The molecule has 8 nitrogen and oxygen atoms in total. The molecule has 4 rings (SSSR count). The van der Waals surface area contributed by atoms with Crippen LogP contribution in [0, 0.1) is 16.8 Å². The molecule has 2 aliphatic heterocycles. The summed E-state index contributed by atoms with van der Waals surface area (Å²) in [6, 6.07) is 2.07. The Morgan fingerprint density at radius 2 is 1.90 bits per heavy atom. The molecule has 3 heterocycles. The maximum atomic E-state index is 13.8. The van der Waals surface area contributed by atoms with Crippen LogP contribution >= 0.6 is 11.3 Å². The molecule has 1 unspecified atom stereocenters. The van der Waals surface area contributed by atoms with Gasteiger partial charge in [-0.15, -0.1) is 0 Å². The smallest absolute Gasteiger partial charge is 0.341 e. The highest BCUT2D eigenvalue weighted by Gasteiger charge is 2.39. The van der Waals surface area contributed by atoms with E-state index in [-0.39, 0.29) is 24.0 Å². The summed E-state index contributed by atoms with van der Waals surface area (Å²) in [5.74, 6) is -2.11. The normalized spacial score (nSPS) is 18.5. The van der Waals surface area contributed by atoms with Crippen molar-refractivity contribution in [3.05, 3.63) is 46.2 Å². The van der Waals surface area contributed by atoms with Crippen LogP contribution in [0.15, 0.2) is 23.3 Å². The summed E-state index contributed by atoms with van der Waals surface area (Å²) in [4.78, 5) is 29.5. The third-order valence-electron chi connectivity index (χ3n) is 4.69. The van der Waals surface area contributed by atoms with E-state index in [1.807, 2.05) is 0 Å². The molecule has 30 heavy (non-hydrogen) atoms. The largest absolute Gasteiger partial charge is 0.463 e. The number of nitrogens with one attached hydrogen (secondary N) is 1. The van der Waals surface area contributed by atoms with Crippen molar-refractivity contribution in [1.29, 1.82) is 0 Å². The highest BCUT2D eigenvalue weighted by atomic mass is 32.1. The van der Waals surface area contributed by atoms with E-state index in [2.05, 4.69) is 15.4 Å². The topological polar surface area (TPSA) is 87.1 Å². The molecule has 3 amide bonds. The molecule has 0 saturated carbocycles. The van der Waals surface area contributed by atoms with Crippen molar-refractivity contribution in [3.63, 3.8) is 0 Å². The molecule has 1 aromatic heterocycles. The highest BCUT2D eigenvalue weighted by Crippen LogP contribution is 2.32. The summed E-state index contributed by atoms with van der Waals surface area (Å²) < 4.78 is 46.4. The zero-order valence-electron chi connectivity index (χ0n) is 15.6. The fourth-order valence-electron chi connectivity index (χ4n) is 3.19. The number of ether oxygens (including phenoxy) is 1. The van der Waals surface area contributed by atoms with Crippen molar-refractivity contribution >= 4 is 29.5 Å². The summed E-state index contributed by atoms with van der Waals surface area (Å²) in [5, 5.41) is 6.74. The van der Waals surface area contributed by atoms with Crippen LogP contribution < -0.4 is 10.1 Å². The molecule has 1 N–H and O–H groups in total. The van der Waals surface area contributed by atoms with Gasteiger partial charge in [-0.2, -0.15) is 14.5 Å². The number of carbonyl (C=O) groups is 2. The number of thiazole rings is 1. The fourth-order valence-corrected chi connectivity index (χ4v) is 3.90. The van der Waals surface area contributed by atoms with E-state index in [4.69, 9.17) is 4.74 Å². The van der Waals surface area contributed by atoms with Gasteiger partial charge in [0.15, 0.2) is 5.69 Å². The summed E-state index contributed by atoms with van der Waals surface area (Å²) in [6.07, 6.45) is 1.43. The number of hydrazone groups is 1. The molecule has 0 aliphatic carbocycles. The number of rotatable bonds is 4. The van der Waals surface area contributed by atoms with Crippen LogP contribution in [-0.2, 0) is 0 Å². The van der Waals surface area contributed by atoms with E-state index in [1.54, 1.807) is 0 Å². The van der Waals surface area contributed by atoms with Crippen LogP contribution in [0.4, 0.5) is 18.0 Å². The Balaban J connectivity index is 1.37. The van der Waals surface area contributed by atoms with Crippen molar-refractivity contribution in [2.75, 3.05) is 20.1 Å². The van der Waals surface area contributed by atoms with Crippen LogP contribution in [0.3, 0.4) is 0 Å². The number of benzene rings is 1. The quantitative estimate of drug-likeness (QED) is 0.793. The van der Waals surface area contributed by atoms with Crippen LogP contribution in [0.25, 0.3) is 0 Å². The highest BCUT2D eigenvalue weighted by molar-refractivity contribution is 7.12. The minimum absolute atomic E-state index is 0.00416. The first-order valence-corrected chi connectivity index (χ1v) is 9.79. The summed E-state index contributed by atoms with van der Waals surface area (Å²) >= 11 is 0.602. The number of amides is 3. The fraction of sp³-hybridized carbons (Fsp3) is 0.333. The van der Waals surface area contributed by atoms with Crippen molar-refractivity contribution in [3.8, 4) is 5.19 Å². The number of aromatic nitrogens is 1. The van der Waals surface area contributed by atoms with Gasteiger partial charge >= 0.3 is 6.03 Å². The zero-order chi connectivity index (χ0) is 21.4. The van der Waals surface area contributed by atoms with E-state index in [0.717, 1.165) is 6.07 Å². The van der Waals surface area contributed by atoms with Crippen molar-refractivity contribution in [2.45, 2.75) is 18.6 Å². The van der Waals surface area contributed by atoms with E-state index >= 15 is 0 Å². The number of likely N-dealkylation sites (tertiary alicyclic amines) is 1. The average Bonchev–Trinajstić information content (AvgIpc) is 3.29. The molecule has 1 saturated heterocycles. The molecule has 12 heteroatoms. The predicted molar refractivity (Wildman–Crippen MR) is 101 cm³/mol. The number of halogens is 3. The average molecular weight is 439 g/mol. The van der Waals surface area contributed by atoms with Gasteiger partial charge in [0.2, 0.25) is 5.13 Å². The Kier molecular flexibility index (Phi) is 5.33. The predicted octanol–water partition coefficient (Wildman–Crippen LogP) is 2.54. The van der Waals surface area contributed by atoms with Crippen LogP contribution in [0.2, 0.25) is 0 Å². The van der Waals surface area contributed by atoms with Crippen molar-refractivity contribution in [1.82, 2.24) is 20.2 Å². The molecule has 2 aliphatic rings. The number of hydrogen-bond donors (Lipinski definition) is 1. The summed E-state index contributed by atoms with van der Waals surface area (Å²) in [7, 11) is 1.36. The lowest BCUT2D eigenvalue weighted by Gasteiger charge is -2.40. The lowest BCUT2D eigenvalue weighted by atomic mass is 10.0. The van der Waals surface area contributed by atoms with E-state index in [9.17, 15) is 22.8 Å². The Hall–Kier alpha value is -3.15. The number of nitrogens with zero attached hydrogens (tertiary/aromatic N) is 4. The molecule has 1 atom stereocenters. The lowest BCUT2D eigenvalue weighted by molar-refractivity contribution is 0.0275. The first kappa shape index (κ1) is 20.1. The van der Waals surface area contributed by atoms with E-state index < -0.39 is 40.8 Å². The van der Waals surface area contributed by atoms with Gasteiger partial charge in [0.05, 0.1) is 19.1 Å². The molecule has 1 aromatic carbocycles. The van der Waals surface area contributed by atoms with Gasteiger partial charge in [0.25, 0.3) is 11.1 Å². The third kappa shape index (κ3) is 3.82. The van der Waals surface area contributed by atoms with Crippen LogP contribution in [0.1, 0.15) is 28.5 Å². The maximum absolute atomic E-state index is 13.8. The van der Waals surface area contributed by atoms with Crippen molar-refractivity contribution < 1.29 is 27.5 Å². The molecule has 1 fully saturated rings. The zero-order valence-corrected chi connectivity index (χ0v) is 16.5. The van der Waals surface area contributed by atoms with Crippen LogP contribution in [-0.4, -0.2) is 59.3 Å². The molecule has 2 aromatic rings. The van der Waals surface area contributed by atoms with Gasteiger partial charge in [-0.25, -0.2) is 18.6 Å². The van der Waals surface area contributed by atoms with E-state index in [0.29, 0.717) is 23.3 Å². The monoisotopic (exact) mass is 439 g/mol. The Bertz CT molecular complexity index is 1000. The Morgan fingerprint density at radius 1 is 1.20 bits per heavy atom. The minimum Gasteiger partial charge on any atom is -0.463 e. The molecular formula is C18H16F3N5O3S. The molecule has 0 bridgehead atoms. The molecule has 0 radical (unpaired) electrons. The number of urea groups is 1. The standard InChI is InChI=1S/C18H16F3N5O3S/c1-22-16(27)14-15(21)30-17(24-14)29-12-7-25(8-12)18(28)26-13(2-3-23-26)9-4-10(19)6-11(20)5-9/h3-6,12-13H,2,7-8H2,1H3,(H,22,27). The minimum atomic E-state index is -0.756. The van der Waals surface area contributed by atoms with Gasteiger partial charge < -0.3 is 15.0 Å². The molecule has 158 valence electrons. The van der Waals surface area contributed by atoms with Crippen molar-refractivity contribution in [2.24, 2.45) is 5.10 Å². The molecular weight excluding hydrogens is 423 g/mol. The van der Waals surface area contributed by atoms with Gasteiger partial charge in [-0.3, -0.25) is 4.79 Å². The second-order valence-electron chi connectivity index (χ2n) is 6.71. The maximum Gasteiger partial charge on any atom is 0.341 e.